The molecule has 39 heavy (non-hydrogen) atoms. The molecule has 1 aromatic heterocycles. The van der Waals surface area contributed by atoms with Gasteiger partial charge in [0.05, 0.1) is 10.8 Å². The van der Waals surface area contributed by atoms with E-state index >= 15 is 0 Å². The number of hydrogen-bond acceptors (Lipinski definition) is 5. The number of pyridine rings is 1. The topological polar surface area (TPSA) is 65.5 Å². The average Bonchev–Trinajstić information content (AvgIpc) is 2.84. The fourth-order valence-corrected chi connectivity index (χ4v) is 7.74. The molecule has 5 nitrogen and oxygen atoms in total. The molecule has 4 aliphatic rings. The van der Waals surface area contributed by atoms with Crippen molar-refractivity contribution in [2.24, 2.45) is 28.6 Å². The van der Waals surface area contributed by atoms with Gasteiger partial charge in [-0.25, -0.2) is 0 Å². The van der Waals surface area contributed by atoms with Crippen molar-refractivity contribution in [2.45, 2.75) is 143 Å². The molecule has 5 heteroatoms. The quantitative estimate of drug-likeness (QED) is 0.265. The van der Waals surface area contributed by atoms with E-state index in [0.717, 1.165) is 56.3 Å². The van der Waals surface area contributed by atoms with Gasteiger partial charge in [0, 0.05) is 12.4 Å². The van der Waals surface area contributed by atoms with Crippen LogP contribution in [0.5, 0.6) is 0 Å². The molecule has 1 aromatic rings. The minimum Gasteiger partial charge on any atom is -0.460 e. The predicted molar refractivity (Wildman–Crippen MR) is 155 cm³/mol. The molecule has 0 aromatic carbocycles. The van der Waals surface area contributed by atoms with Crippen LogP contribution in [0.2, 0.25) is 0 Å². The van der Waals surface area contributed by atoms with E-state index in [2.05, 4.69) is 37.9 Å². The Kier molecular flexibility index (Phi) is 8.34. The van der Waals surface area contributed by atoms with Crippen LogP contribution >= 0.6 is 0 Å². The fraction of sp³-hybridized carbons (Fsp3) is 0.794. The van der Waals surface area contributed by atoms with Crippen LogP contribution in [0.15, 0.2) is 24.5 Å². The van der Waals surface area contributed by atoms with Gasteiger partial charge < -0.3 is 9.47 Å². The average molecular weight is 540 g/mol. The summed E-state index contributed by atoms with van der Waals surface area (Å²) in [5.41, 5.74) is -0.979. The van der Waals surface area contributed by atoms with Gasteiger partial charge in [-0.3, -0.25) is 14.6 Å². The number of rotatable bonds is 11. The lowest BCUT2D eigenvalue weighted by Crippen LogP contribution is -2.54. The molecule has 0 spiro atoms. The summed E-state index contributed by atoms with van der Waals surface area (Å²) >= 11 is 0. The monoisotopic (exact) mass is 539 g/mol. The third-order valence-corrected chi connectivity index (χ3v) is 10.4. The van der Waals surface area contributed by atoms with Crippen LogP contribution in [-0.2, 0) is 24.5 Å². The summed E-state index contributed by atoms with van der Waals surface area (Å²) in [6.07, 6.45) is 14.5. The molecular weight excluding hydrogens is 486 g/mol. The minimum atomic E-state index is -0.686. The lowest BCUT2D eigenvalue weighted by Gasteiger charge is -2.56. The number of hydrogen-bond donors (Lipinski definition) is 0. The summed E-state index contributed by atoms with van der Waals surface area (Å²) in [5.74, 6) is 1.89. The summed E-state index contributed by atoms with van der Waals surface area (Å²) < 4.78 is 12.4. The van der Waals surface area contributed by atoms with Crippen LogP contribution in [0, 0.1) is 28.6 Å². The first-order valence-corrected chi connectivity index (χ1v) is 15.4. The van der Waals surface area contributed by atoms with E-state index in [-0.39, 0.29) is 23.0 Å². The smallest absolute Gasteiger partial charge is 0.312 e. The maximum absolute atomic E-state index is 14.3. The molecule has 1 heterocycles. The zero-order chi connectivity index (χ0) is 28.7. The molecular formula is C34H53NO4. The molecule has 2 unspecified atom stereocenters. The first-order chi connectivity index (χ1) is 18.1. The number of carbonyl (C=O) groups excluding carboxylic acids is 2. The van der Waals surface area contributed by atoms with E-state index in [4.69, 9.17) is 9.47 Å². The molecule has 4 saturated carbocycles. The standard InChI is InChI=1S/C34H53NO4/c1-9-32(7,27-10-16-35-17-11-27)14-15-33(8,13-12-31(5,6)28(36)38-30(2,3)4)29(37)39-34-21-24-18-25(22-34)20-26(19-24)23-34/h10-11,16-17,24-26H,9,12-15,18-23H2,1-8H3. The van der Waals surface area contributed by atoms with E-state index in [0.29, 0.717) is 12.8 Å². The Balaban J connectivity index is 1.54. The summed E-state index contributed by atoms with van der Waals surface area (Å²) in [5, 5.41) is 0. The molecule has 0 saturated heterocycles. The second-order valence-electron chi connectivity index (χ2n) is 15.6. The van der Waals surface area contributed by atoms with Crippen LogP contribution in [0.4, 0.5) is 0 Å². The summed E-state index contributed by atoms with van der Waals surface area (Å²) in [6, 6.07) is 4.19. The van der Waals surface area contributed by atoms with E-state index in [9.17, 15) is 9.59 Å². The van der Waals surface area contributed by atoms with Crippen LogP contribution in [0.1, 0.15) is 132 Å². The van der Waals surface area contributed by atoms with Gasteiger partial charge in [-0.2, -0.15) is 0 Å². The highest BCUT2D eigenvalue weighted by Gasteiger charge is 2.54. The zero-order valence-corrected chi connectivity index (χ0v) is 25.9. The second-order valence-corrected chi connectivity index (χ2v) is 15.6. The SMILES string of the molecule is CCC(C)(CCC(C)(CCC(C)(C)C(=O)OC(C)(C)C)C(=O)OC12CC3CC(CC(C3)C1)C2)c1ccncc1. The normalized spacial score (nSPS) is 29.4. The Morgan fingerprint density at radius 3 is 1.82 bits per heavy atom. The van der Waals surface area contributed by atoms with E-state index in [1.165, 1.54) is 24.8 Å². The molecule has 218 valence electrons. The Bertz CT molecular complexity index is 990. The minimum absolute atomic E-state index is 0.0578. The number of esters is 2. The number of nitrogens with zero attached hydrogens (tertiary/aromatic N) is 1. The molecule has 0 N–H and O–H groups in total. The van der Waals surface area contributed by atoms with Crippen LogP contribution < -0.4 is 0 Å². The van der Waals surface area contributed by atoms with Crippen molar-refractivity contribution < 1.29 is 19.1 Å². The maximum Gasteiger partial charge on any atom is 0.312 e. The van der Waals surface area contributed by atoms with E-state index in [1.54, 1.807) is 0 Å². The molecule has 0 aliphatic heterocycles. The molecule has 2 atom stereocenters. The number of ether oxygens (including phenoxy) is 2. The van der Waals surface area contributed by atoms with Crippen molar-refractivity contribution in [1.82, 2.24) is 4.98 Å². The van der Waals surface area contributed by atoms with Crippen molar-refractivity contribution in [2.75, 3.05) is 0 Å². The van der Waals surface area contributed by atoms with Crippen molar-refractivity contribution >= 4 is 11.9 Å². The largest absolute Gasteiger partial charge is 0.460 e. The van der Waals surface area contributed by atoms with Crippen molar-refractivity contribution in [1.29, 1.82) is 0 Å². The second kappa shape index (κ2) is 10.8. The van der Waals surface area contributed by atoms with E-state index in [1.807, 2.05) is 47.0 Å². The third-order valence-electron chi connectivity index (χ3n) is 10.4. The highest BCUT2D eigenvalue weighted by Crippen LogP contribution is 2.58. The molecule has 0 amide bonds. The number of carbonyl (C=O) groups is 2. The van der Waals surface area contributed by atoms with Gasteiger partial charge in [-0.05, 0) is 153 Å². The summed E-state index contributed by atoms with van der Waals surface area (Å²) in [6.45, 7) is 16.2. The molecule has 0 radical (unpaired) electrons. The van der Waals surface area contributed by atoms with Gasteiger partial charge in [0.25, 0.3) is 0 Å². The molecule has 5 rings (SSSR count). The fourth-order valence-electron chi connectivity index (χ4n) is 7.74. The van der Waals surface area contributed by atoms with Gasteiger partial charge in [-0.1, -0.05) is 13.8 Å². The highest BCUT2D eigenvalue weighted by molar-refractivity contribution is 5.78. The molecule has 4 bridgehead atoms. The maximum atomic E-state index is 14.3. The summed E-state index contributed by atoms with van der Waals surface area (Å²) in [4.78, 5) is 31.5. The Hall–Kier alpha value is -1.91. The van der Waals surface area contributed by atoms with Gasteiger partial charge >= 0.3 is 11.9 Å². The van der Waals surface area contributed by atoms with Gasteiger partial charge in [-0.15, -0.1) is 0 Å². The van der Waals surface area contributed by atoms with E-state index < -0.39 is 16.4 Å². The lowest BCUT2D eigenvalue weighted by molar-refractivity contribution is -0.198. The van der Waals surface area contributed by atoms with Gasteiger partial charge in [0.2, 0.25) is 0 Å². The Morgan fingerprint density at radius 1 is 0.821 bits per heavy atom. The zero-order valence-electron chi connectivity index (χ0n) is 25.9. The predicted octanol–water partition coefficient (Wildman–Crippen LogP) is 8.20. The third kappa shape index (κ3) is 6.88. The van der Waals surface area contributed by atoms with Crippen molar-refractivity contribution in [3.8, 4) is 0 Å². The number of aromatic nitrogens is 1. The highest BCUT2D eigenvalue weighted by atomic mass is 16.6. The van der Waals surface area contributed by atoms with Gasteiger partial charge in [0.1, 0.15) is 11.2 Å². The first kappa shape index (κ1) is 30.1. The summed E-state index contributed by atoms with van der Waals surface area (Å²) in [7, 11) is 0. The van der Waals surface area contributed by atoms with Gasteiger partial charge in [0.15, 0.2) is 0 Å². The first-order valence-electron chi connectivity index (χ1n) is 15.4. The van der Waals surface area contributed by atoms with Crippen LogP contribution in [-0.4, -0.2) is 28.1 Å². The molecule has 4 aliphatic carbocycles. The lowest BCUT2D eigenvalue weighted by atomic mass is 9.54. The Labute approximate surface area is 237 Å². The Morgan fingerprint density at radius 2 is 1.33 bits per heavy atom. The van der Waals surface area contributed by atoms with Crippen LogP contribution in [0.25, 0.3) is 0 Å². The molecule has 4 fully saturated rings. The van der Waals surface area contributed by atoms with Crippen molar-refractivity contribution in [3.63, 3.8) is 0 Å². The van der Waals surface area contributed by atoms with Crippen LogP contribution in [0.3, 0.4) is 0 Å². The van der Waals surface area contributed by atoms with Crippen molar-refractivity contribution in [3.05, 3.63) is 30.1 Å².